The first-order chi connectivity index (χ1) is 7.18. The van der Waals surface area contributed by atoms with Crippen LogP contribution in [0, 0.1) is 5.92 Å². The fourth-order valence-corrected chi connectivity index (χ4v) is 2.63. The van der Waals surface area contributed by atoms with Crippen LogP contribution in [0.2, 0.25) is 0 Å². The Balaban J connectivity index is 1.90. The van der Waals surface area contributed by atoms with Gasteiger partial charge in [-0.05, 0) is 19.8 Å². The van der Waals surface area contributed by atoms with Crippen molar-refractivity contribution in [3.63, 3.8) is 0 Å². The van der Waals surface area contributed by atoms with E-state index in [1.807, 2.05) is 6.92 Å². The van der Waals surface area contributed by atoms with Gasteiger partial charge in [0.2, 0.25) is 0 Å². The Morgan fingerprint density at radius 3 is 2.93 bits per heavy atom. The van der Waals surface area contributed by atoms with Gasteiger partial charge in [-0.3, -0.25) is 9.69 Å². The molecular formula is C12H21NO2. The Hall–Kier alpha value is -0.410. The normalized spacial score (nSPS) is 35.7. The highest BCUT2D eigenvalue weighted by Crippen LogP contribution is 2.23. The maximum atomic E-state index is 11.4. The first kappa shape index (κ1) is 11.1. The first-order valence-electron chi connectivity index (χ1n) is 6.07. The predicted octanol–water partition coefficient (Wildman–Crippen LogP) is 1.46. The second-order valence-corrected chi connectivity index (χ2v) is 4.90. The molecule has 2 aliphatic heterocycles. The highest BCUT2D eigenvalue weighted by molar-refractivity contribution is 5.81. The lowest BCUT2D eigenvalue weighted by atomic mass is 9.96. The SMILES string of the molecule is CC1CN(C(C)C2CCCO2)CCC1=O. The van der Waals surface area contributed by atoms with Crippen LogP contribution in [-0.4, -0.2) is 42.5 Å². The highest BCUT2D eigenvalue weighted by Gasteiger charge is 2.32. The summed E-state index contributed by atoms with van der Waals surface area (Å²) in [6, 6.07) is 0.475. The van der Waals surface area contributed by atoms with Crippen molar-refractivity contribution in [3.05, 3.63) is 0 Å². The monoisotopic (exact) mass is 211 g/mol. The number of nitrogens with zero attached hydrogens (tertiary/aromatic N) is 1. The summed E-state index contributed by atoms with van der Waals surface area (Å²) in [5.41, 5.74) is 0. The number of ketones is 1. The Kier molecular flexibility index (Phi) is 3.42. The van der Waals surface area contributed by atoms with Crippen LogP contribution in [0.3, 0.4) is 0 Å². The average molecular weight is 211 g/mol. The maximum Gasteiger partial charge on any atom is 0.138 e. The number of carbonyl (C=O) groups is 1. The molecule has 0 aromatic carbocycles. The molecule has 0 saturated carbocycles. The van der Waals surface area contributed by atoms with E-state index in [4.69, 9.17) is 4.74 Å². The van der Waals surface area contributed by atoms with Crippen molar-refractivity contribution in [2.75, 3.05) is 19.7 Å². The smallest absolute Gasteiger partial charge is 0.138 e. The van der Waals surface area contributed by atoms with Crippen LogP contribution < -0.4 is 0 Å². The lowest BCUT2D eigenvalue weighted by molar-refractivity contribution is -0.126. The van der Waals surface area contributed by atoms with E-state index in [2.05, 4.69) is 11.8 Å². The van der Waals surface area contributed by atoms with Gasteiger partial charge in [0, 0.05) is 38.1 Å². The quantitative estimate of drug-likeness (QED) is 0.692. The van der Waals surface area contributed by atoms with Crippen molar-refractivity contribution >= 4 is 5.78 Å². The van der Waals surface area contributed by atoms with Gasteiger partial charge >= 0.3 is 0 Å². The van der Waals surface area contributed by atoms with Crippen LogP contribution in [0.1, 0.15) is 33.1 Å². The molecule has 15 heavy (non-hydrogen) atoms. The number of carbonyl (C=O) groups excluding carboxylic acids is 1. The molecule has 3 unspecified atom stereocenters. The van der Waals surface area contributed by atoms with Crippen LogP contribution in [-0.2, 0) is 9.53 Å². The minimum atomic E-state index is 0.211. The molecule has 0 amide bonds. The van der Waals surface area contributed by atoms with Gasteiger partial charge in [0.15, 0.2) is 0 Å². The number of Topliss-reactive ketones (excluding diaryl/α,β-unsaturated/α-hetero) is 1. The van der Waals surface area contributed by atoms with Gasteiger partial charge in [0.25, 0.3) is 0 Å². The van der Waals surface area contributed by atoms with Gasteiger partial charge < -0.3 is 4.74 Å². The minimum Gasteiger partial charge on any atom is -0.377 e. The summed E-state index contributed by atoms with van der Waals surface area (Å²) in [5, 5.41) is 0. The van der Waals surface area contributed by atoms with Crippen molar-refractivity contribution in [2.24, 2.45) is 5.92 Å². The molecule has 0 aromatic heterocycles. The van der Waals surface area contributed by atoms with Crippen molar-refractivity contribution in [1.82, 2.24) is 4.90 Å². The summed E-state index contributed by atoms with van der Waals surface area (Å²) in [4.78, 5) is 13.8. The number of hydrogen-bond acceptors (Lipinski definition) is 3. The molecular weight excluding hydrogens is 190 g/mol. The van der Waals surface area contributed by atoms with E-state index in [1.165, 1.54) is 12.8 Å². The van der Waals surface area contributed by atoms with Crippen molar-refractivity contribution in [3.8, 4) is 0 Å². The Bertz CT molecular complexity index is 236. The van der Waals surface area contributed by atoms with E-state index in [1.54, 1.807) is 0 Å². The van der Waals surface area contributed by atoms with E-state index in [0.717, 1.165) is 26.1 Å². The van der Waals surface area contributed by atoms with Crippen LogP contribution in [0.25, 0.3) is 0 Å². The molecule has 2 fully saturated rings. The number of rotatable bonds is 2. The lowest BCUT2D eigenvalue weighted by Gasteiger charge is -2.37. The molecule has 0 aromatic rings. The van der Waals surface area contributed by atoms with Crippen molar-refractivity contribution < 1.29 is 9.53 Å². The molecule has 0 bridgehead atoms. The predicted molar refractivity (Wildman–Crippen MR) is 58.8 cm³/mol. The second kappa shape index (κ2) is 4.62. The van der Waals surface area contributed by atoms with Gasteiger partial charge in [-0.15, -0.1) is 0 Å². The third-order valence-electron chi connectivity index (χ3n) is 3.78. The zero-order valence-corrected chi connectivity index (χ0v) is 9.74. The minimum absolute atomic E-state index is 0.211. The summed E-state index contributed by atoms with van der Waals surface area (Å²) in [7, 11) is 0. The van der Waals surface area contributed by atoms with Crippen LogP contribution in [0.5, 0.6) is 0 Å². The topological polar surface area (TPSA) is 29.5 Å². The van der Waals surface area contributed by atoms with E-state index in [-0.39, 0.29) is 5.92 Å². The van der Waals surface area contributed by atoms with E-state index < -0.39 is 0 Å². The summed E-state index contributed by atoms with van der Waals surface area (Å²) in [5.74, 6) is 0.633. The molecule has 0 N–H and O–H groups in total. The zero-order chi connectivity index (χ0) is 10.8. The van der Waals surface area contributed by atoms with E-state index in [9.17, 15) is 4.79 Å². The molecule has 2 saturated heterocycles. The van der Waals surface area contributed by atoms with Gasteiger partial charge in [0.1, 0.15) is 5.78 Å². The largest absolute Gasteiger partial charge is 0.377 e. The zero-order valence-electron chi connectivity index (χ0n) is 9.74. The van der Waals surface area contributed by atoms with Gasteiger partial charge in [0.05, 0.1) is 6.10 Å². The average Bonchev–Trinajstić information content (AvgIpc) is 2.74. The molecule has 86 valence electrons. The fourth-order valence-electron chi connectivity index (χ4n) is 2.63. The molecule has 3 nitrogen and oxygen atoms in total. The third-order valence-corrected chi connectivity index (χ3v) is 3.78. The fraction of sp³-hybridized carbons (Fsp3) is 0.917. The number of likely N-dealkylation sites (tertiary alicyclic amines) is 1. The van der Waals surface area contributed by atoms with Crippen molar-refractivity contribution in [2.45, 2.75) is 45.3 Å². The van der Waals surface area contributed by atoms with E-state index >= 15 is 0 Å². The molecule has 2 rings (SSSR count). The molecule has 0 spiro atoms. The summed E-state index contributed by atoms with van der Waals surface area (Å²) >= 11 is 0. The molecule has 0 radical (unpaired) electrons. The molecule has 3 atom stereocenters. The van der Waals surface area contributed by atoms with Crippen LogP contribution in [0.15, 0.2) is 0 Å². The van der Waals surface area contributed by atoms with Gasteiger partial charge in [-0.1, -0.05) is 6.92 Å². The summed E-state index contributed by atoms with van der Waals surface area (Å²) < 4.78 is 5.70. The Morgan fingerprint density at radius 1 is 1.53 bits per heavy atom. The molecule has 3 heteroatoms. The summed E-state index contributed by atoms with van der Waals surface area (Å²) in [6.45, 7) is 7.02. The second-order valence-electron chi connectivity index (χ2n) is 4.90. The number of ether oxygens (including phenoxy) is 1. The summed E-state index contributed by atoms with van der Waals surface area (Å²) in [6.07, 6.45) is 3.49. The Labute approximate surface area is 91.8 Å². The molecule has 2 aliphatic rings. The lowest BCUT2D eigenvalue weighted by Crippen LogP contribution is -2.48. The standard InChI is InChI=1S/C12H21NO2/c1-9-8-13(6-5-11(9)14)10(2)12-4-3-7-15-12/h9-10,12H,3-8H2,1-2H3. The van der Waals surface area contributed by atoms with Crippen LogP contribution in [0.4, 0.5) is 0 Å². The third kappa shape index (κ3) is 2.40. The first-order valence-corrected chi connectivity index (χ1v) is 6.07. The molecule has 0 aliphatic carbocycles. The van der Waals surface area contributed by atoms with Gasteiger partial charge in [-0.25, -0.2) is 0 Å². The van der Waals surface area contributed by atoms with Crippen LogP contribution >= 0.6 is 0 Å². The number of hydrogen-bond donors (Lipinski definition) is 0. The van der Waals surface area contributed by atoms with E-state index in [0.29, 0.717) is 17.9 Å². The Morgan fingerprint density at radius 2 is 2.33 bits per heavy atom. The molecule has 2 heterocycles. The van der Waals surface area contributed by atoms with Crippen molar-refractivity contribution in [1.29, 1.82) is 0 Å². The highest BCUT2D eigenvalue weighted by atomic mass is 16.5. The van der Waals surface area contributed by atoms with Gasteiger partial charge in [-0.2, -0.15) is 0 Å². The number of piperidine rings is 1. The maximum absolute atomic E-state index is 11.4.